The number of ether oxygens (including phenoxy) is 6. The summed E-state index contributed by atoms with van der Waals surface area (Å²) in [6, 6.07) is -0.974. The van der Waals surface area contributed by atoms with Crippen LogP contribution in [-0.4, -0.2) is 193 Å². The summed E-state index contributed by atoms with van der Waals surface area (Å²) in [6.45, 7) is 1.71. The molecule has 12 N–H and O–H groups in total. The van der Waals surface area contributed by atoms with E-state index in [2.05, 4.69) is 43.5 Å². The van der Waals surface area contributed by atoms with Gasteiger partial charge in [-0.05, 0) is 51.4 Å². The Morgan fingerprint density at radius 2 is 0.815 bits per heavy atom. The predicted octanol–water partition coefficient (Wildman–Crippen LogP) is 6.49. The summed E-state index contributed by atoms with van der Waals surface area (Å²) in [5.74, 6) is -0.280. The van der Waals surface area contributed by atoms with Crippen molar-refractivity contribution in [2.24, 2.45) is 0 Å². The Hall–Kier alpha value is -1.99. The number of nitrogens with one attached hydrogen (secondary N) is 1. The fourth-order valence-electron chi connectivity index (χ4n) is 10.7. The summed E-state index contributed by atoms with van der Waals surface area (Å²) < 4.78 is 34.3. The average molecular weight is 1160 g/mol. The van der Waals surface area contributed by atoms with E-state index in [1.807, 2.05) is 6.08 Å². The highest BCUT2D eigenvalue weighted by Crippen LogP contribution is 2.33. The Morgan fingerprint density at radius 1 is 0.444 bits per heavy atom. The molecule has 0 aliphatic carbocycles. The third-order valence-corrected chi connectivity index (χ3v) is 15.9. The van der Waals surface area contributed by atoms with E-state index in [4.69, 9.17) is 28.4 Å². The molecule has 3 aliphatic rings. The molecule has 81 heavy (non-hydrogen) atoms. The first-order chi connectivity index (χ1) is 39.3. The molecule has 3 heterocycles. The van der Waals surface area contributed by atoms with Crippen LogP contribution in [-0.2, 0) is 33.2 Å². The molecule has 17 unspecified atom stereocenters. The molecule has 3 fully saturated rings. The van der Waals surface area contributed by atoms with E-state index in [-0.39, 0.29) is 18.9 Å². The number of rotatable bonds is 47. The van der Waals surface area contributed by atoms with Gasteiger partial charge < -0.3 is 89.9 Å². The monoisotopic (exact) mass is 1160 g/mol. The smallest absolute Gasteiger partial charge is 0.220 e. The number of aliphatic hydroxyl groups is 11. The highest BCUT2D eigenvalue weighted by Gasteiger charge is 2.53. The van der Waals surface area contributed by atoms with Crippen molar-refractivity contribution in [3.8, 4) is 0 Å². The van der Waals surface area contributed by atoms with Crippen LogP contribution >= 0.6 is 0 Å². The minimum absolute atomic E-state index is 0.239. The molecule has 474 valence electrons. The largest absolute Gasteiger partial charge is 0.394 e. The van der Waals surface area contributed by atoms with Gasteiger partial charge in [0.2, 0.25) is 5.91 Å². The lowest BCUT2D eigenvalue weighted by atomic mass is 9.96. The zero-order chi connectivity index (χ0) is 59.0. The highest BCUT2D eigenvalue weighted by molar-refractivity contribution is 5.76. The summed E-state index contributed by atoms with van der Waals surface area (Å²) in [4.78, 5) is 13.3. The number of allylic oxidation sites excluding steroid dienone is 5. The van der Waals surface area contributed by atoms with Crippen molar-refractivity contribution >= 4 is 5.91 Å². The van der Waals surface area contributed by atoms with Gasteiger partial charge in [-0.1, -0.05) is 198 Å². The Kier molecular flexibility index (Phi) is 41.0. The van der Waals surface area contributed by atoms with Gasteiger partial charge >= 0.3 is 0 Å². The van der Waals surface area contributed by atoms with Crippen LogP contribution in [0.5, 0.6) is 0 Å². The second-order valence-corrected chi connectivity index (χ2v) is 22.9. The summed E-state index contributed by atoms with van der Waals surface area (Å²) in [6.07, 6.45) is 22.6. The van der Waals surface area contributed by atoms with Crippen molar-refractivity contribution in [3.63, 3.8) is 0 Å². The summed E-state index contributed by atoms with van der Waals surface area (Å²) in [5, 5.41) is 120. The van der Waals surface area contributed by atoms with Crippen molar-refractivity contribution in [1.82, 2.24) is 5.32 Å². The van der Waals surface area contributed by atoms with Crippen LogP contribution in [0.1, 0.15) is 219 Å². The van der Waals surface area contributed by atoms with Gasteiger partial charge in [0.15, 0.2) is 18.9 Å². The highest BCUT2D eigenvalue weighted by atomic mass is 16.8. The number of hydrogen-bond donors (Lipinski definition) is 12. The van der Waals surface area contributed by atoms with Crippen molar-refractivity contribution < 1.29 is 89.4 Å². The standard InChI is InChI=1S/C62H113NO18/c1-3-5-7-9-11-13-15-17-19-20-21-22-23-24-26-28-30-32-34-36-38-40-50(68)63-45(46(67)39-37-35-33-31-29-27-25-18-16-14-12-10-8-6-4-2)44-76-60-56(74)53(71)58(48(42-65)78-60)81-62-57(75)54(72)59(49(43-66)79-62)80-61-55(73)52(70)51(69)47(41-64)77-61/h15,17,20-21,37,39,45-49,51-62,64-67,69-75H,3-14,16,18-19,22-36,38,40-44H2,1-2H3,(H,63,68)/b17-15-,21-20-,39-37+. The second-order valence-electron chi connectivity index (χ2n) is 22.9. The van der Waals surface area contributed by atoms with Crippen molar-refractivity contribution in [2.45, 2.75) is 324 Å². The van der Waals surface area contributed by atoms with Gasteiger partial charge in [-0.3, -0.25) is 4.79 Å². The maximum Gasteiger partial charge on any atom is 0.220 e. The number of carbonyl (C=O) groups excluding carboxylic acids is 1. The van der Waals surface area contributed by atoms with E-state index >= 15 is 0 Å². The van der Waals surface area contributed by atoms with E-state index in [0.29, 0.717) is 6.42 Å². The van der Waals surface area contributed by atoms with E-state index < -0.39 is 124 Å². The van der Waals surface area contributed by atoms with Gasteiger partial charge in [0, 0.05) is 6.42 Å². The first-order valence-corrected chi connectivity index (χ1v) is 31.7. The van der Waals surface area contributed by atoms with Gasteiger partial charge in [0.05, 0.1) is 38.6 Å². The minimum Gasteiger partial charge on any atom is -0.394 e. The van der Waals surface area contributed by atoms with Gasteiger partial charge in [-0.2, -0.15) is 0 Å². The van der Waals surface area contributed by atoms with Crippen LogP contribution < -0.4 is 5.32 Å². The molecule has 0 aromatic carbocycles. The fraction of sp³-hybridized carbons (Fsp3) is 0.887. The maximum atomic E-state index is 13.3. The number of hydrogen-bond acceptors (Lipinski definition) is 18. The van der Waals surface area contributed by atoms with Gasteiger partial charge in [-0.25, -0.2) is 0 Å². The molecule has 19 nitrogen and oxygen atoms in total. The second kappa shape index (κ2) is 45.3. The van der Waals surface area contributed by atoms with Crippen LogP contribution in [0.15, 0.2) is 36.5 Å². The molecule has 3 saturated heterocycles. The van der Waals surface area contributed by atoms with E-state index in [0.717, 1.165) is 64.2 Å². The summed E-state index contributed by atoms with van der Waals surface area (Å²) >= 11 is 0. The number of amides is 1. The Bertz CT molecular complexity index is 1620. The van der Waals surface area contributed by atoms with E-state index in [1.54, 1.807) is 6.08 Å². The van der Waals surface area contributed by atoms with Gasteiger partial charge in [0.1, 0.15) is 73.2 Å². The molecule has 3 aliphatic heterocycles. The number of carbonyl (C=O) groups is 1. The quantitative estimate of drug-likeness (QED) is 0.0229. The van der Waals surface area contributed by atoms with E-state index in [9.17, 15) is 61.0 Å². The average Bonchev–Trinajstić information content (AvgIpc) is 3.46. The maximum absolute atomic E-state index is 13.3. The molecule has 19 heteroatoms. The Labute approximate surface area is 485 Å². The Balaban J connectivity index is 1.48. The number of aliphatic hydroxyl groups excluding tert-OH is 11. The molecule has 0 bridgehead atoms. The first kappa shape index (κ1) is 73.3. The fourth-order valence-corrected chi connectivity index (χ4v) is 10.7. The zero-order valence-corrected chi connectivity index (χ0v) is 49.5. The molecule has 0 radical (unpaired) electrons. The number of unbranched alkanes of at least 4 members (excludes halogenated alkanes) is 27. The molecule has 0 saturated carbocycles. The van der Waals surface area contributed by atoms with Crippen LogP contribution in [0.2, 0.25) is 0 Å². The molecule has 17 atom stereocenters. The third kappa shape index (κ3) is 28.8. The lowest BCUT2D eigenvalue weighted by molar-refractivity contribution is -0.379. The van der Waals surface area contributed by atoms with Gasteiger partial charge in [0.25, 0.3) is 0 Å². The predicted molar refractivity (Wildman–Crippen MR) is 309 cm³/mol. The Morgan fingerprint density at radius 3 is 1.26 bits per heavy atom. The summed E-state index contributed by atoms with van der Waals surface area (Å²) in [5.41, 5.74) is 0. The molecular formula is C62H113NO18. The molecular weight excluding hydrogens is 1050 g/mol. The van der Waals surface area contributed by atoms with Crippen LogP contribution in [0.3, 0.4) is 0 Å². The topological polar surface area (TPSA) is 307 Å². The normalized spacial score (nSPS) is 30.0. The lowest BCUT2D eigenvalue weighted by Gasteiger charge is -2.48. The van der Waals surface area contributed by atoms with E-state index in [1.165, 1.54) is 128 Å². The zero-order valence-electron chi connectivity index (χ0n) is 49.5. The van der Waals surface area contributed by atoms with Crippen molar-refractivity contribution in [2.75, 3.05) is 26.4 Å². The molecule has 0 aromatic rings. The van der Waals surface area contributed by atoms with Crippen LogP contribution in [0.4, 0.5) is 0 Å². The van der Waals surface area contributed by atoms with Crippen LogP contribution in [0, 0.1) is 0 Å². The first-order valence-electron chi connectivity index (χ1n) is 31.7. The minimum atomic E-state index is -1.98. The molecule has 0 aromatic heterocycles. The van der Waals surface area contributed by atoms with Crippen molar-refractivity contribution in [1.29, 1.82) is 0 Å². The molecule has 3 rings (SSSR count). The van der Waals surface area contributed by atoms with Crippen molar-refractivity contribution in [3.05, 3.63) is 36.5 Å². The van der Waals surface area contributed by atoms with Gasteiger partial charge in [-0.15, -0.1) is 0 Å². The molecule has 0 spiro atoms. The lowest BCUT2D eigenvalue weighted by Crippen LogP contribution is -2.66. The summed E-state index contributed by atoms with van der Waals surface area (Å²) in [7, 11) is 0. The van der Waals surface area contributed by atoms with Crippen LogP contribution in [0.25, 0.3) is 0 Å². The SMILES string of the molecule is CCCCCCC/C=C\C/C=C\CCCCCCCCCCCC(=O)NC(COC1OC(CO)C(OC2OC(CO)C(OC3OC(CO)C(O)C(O)C3O)C(O)C2O)C(O)C1O)C(O)/C=C/CCCCCCCCCCCCCCC. The molecule has 1 amide bonds. The third-order valence-electron chi connectivity index (χ3n) is 15.9.